The third-order valence-corrected chi connectivity index (χ3v) is 8.88. The van der Waals surface area contributed by atoms with Crippen LogP contribution in [0.5, 0.6) is 11.5 Å². The van der Waals surface area contributed by atoms with Gasteiger partial charge in [0.2, 0.25) is 0 Å². The van der Waals surface area contributed by atoms with Gasteiger partial charge in [0.1, 0.15) is 21.6 Å². The number of phenols is 1. The minimum Gasteiger partial charge on any atom is -0.871 e. The molecule has 0 amide bonds. The van der Waals surface area contributed by atoms with Crippen LogP contribution >= 0.6 is 0 Å². The molecule has 6 rings (SSSR count). The van der Waals surface area contributed by atoms with E-state index in [1.54, 1.807) is 18.2 Å². The molecule has 0 aliphatic heterocycles. The first kappa shape index (κ1) is 37.8. The van der Waals surface area contributed by atoms with Gasteiger partial charge in [-0.3, -0.25) is 4.55 Å². The second-order valence-electron chi connectivity index (χ2n) is 10.5. The molecule has 0 radical (unpaired) electrons. The molecule has 2 N–H and O–H groups in total. The number of fused-ring (bicyclic) bond motifs is 2. The molecule has 0 fully saturated rings. The fourth-order valence-electron chi connectivity index (χ4n) is 4.63. The predicted molar refractivity (Wildman–Crippen MR) is 183 cm³/mol. The molecule has 6 aromatic rings. The second-order valence-corrected chi connectivity index (χ2v) is 13.3. The number of azo groups is 2. The Bertz CT molecular complexity index is 2300. The van der Waals surface area contributed by atoms with E-state index in [-0.39, 0.29) is 81.5 Å². The Morgan fingerprint density at radius 2 is 1.06 bits per heavy atom. The van der Waals surface area contributed by atoms with Crippen molar-refractivity contribution in [3.05, 3.63) is 120 Å². The average Bonchev–Trinajstić information content (AvgIpc) is 3.04. The molecule has 0 heterocycles. The van der Waals surface area contributed by atoms with E-state index in [4.69, 9.17) is 4.55 Å². The molecule has 0 saturated heterocycles. The summed E-state index contributed by atoms with van der Waals surface area (Å²) in [6, 6.07) is 28.3. The van der Waals surface area contributed by atoms with E-state index in [0.717, 1.165) is 17.2 Å². The molecular formula is C34H26BaN4O8S2. The third-order valence-electron chi connectivity index (χ3n) is 7.20. The van der Waals surface area contributed by atoms with Crippen molar-refractivity contribution in [1.29, 1.82) is 0 Å². The summed E-state index contributed by atoms with van der Waals surface area (Å²) in [5, 5.41) is 40.5. The molecule has 0 bridgehead atoms. The summed E-state index contributed by atoms with van der Waals surface area (Å²) in [6.07, 6.45) is 0. The fraction of sp³-hybridized carbons (Fsp3) is 0.0588. The van der Waals surface area contributed by atoms with E-state index >= 15 is 0 Å². The van der Waals surface area contributed by atoms with E-state index in [2.05, 4.69) is 20.5 Å². The molecule has 0 spiro atoms. The zero-order valence-corrected chi connectivity index (χ0v) is 32.1. The predicted octanol–water partition coefficient (Wildman–Crippen LogP) is 7.68. The van der Waals surface area contributed by atoms with Gasteiger partial charge in [0.15, 0.2) is 0 Å². The molecule has 6 aromatic carbocycles. The Kier molecular flexibility index (Phi) is 12.1. The molecule has 244 valence electrons. The molecule has 12 nitrogen and oxygen atoms in total. The van der Waals surface area contributed by atoms with E-state index in [1.165, 1.54) is 48.5 Å². The monoisotopic (exact) mass is 820 g/mol. The number of aromatic hydroxyl groups is 1. The molecule has 0 aliphatic carbocycles. The molecule has 0 unspecified atom stereocenters. The number of aryl methyl sites for hydroxylation is 2. The minimum atomic E-state index is -4.56. The van der Waals surface area contributed by atoms with Gasteiger partial charge >= 0.3 is 48.9 Å². The van der Waals surface area contributed by atoms with Crippen LogP contribution in [0.3, 0.4) is 0 Å². The van der Waals surface area contributed by atoms with Crippen LogP contribution in [0.4, 0.5) is 22.7 Å². The van der Waals surface area contributed by atoms with Crippen LogP contribution < -0.4 is 5.11 Å². The maximum Gasteiger partial charge on any atom is 2.00 e. The quantitative estimate of drug-likeness (QED) is 0.0967. The first-order valence-corrected chi connectivity index (χ1v) is 16.9. The maximum absolute atomic E-state index is 12.1. The van der Waals surface area contributed by atoms with Crippen LogP contribution in [0, 0.1) is 13.8 Å². The van der Waals surface area contributed by atoms with E-state index in [1.807, 2.05) is 50.2 Å². The van der Waals surface area contributed by atoms with Gasteiger partial charge in [-0.1, -0.05) is 72.5 Å². The van der Waals surface area contributed by atoms with E-state index < -0.39 is 20.2 Å². The van der Waals surface area contributed by atoms with Crippen molar-refractivity contribution in [2.45, 2.75) is 23.6 Å². The standard InChI is InChI=1S/2C17H14N2O4S.Ba/c2*1-11-4-2-3-5-15(11)18-19-17-14-8-7-13(24(21,22)23)10-12(14)6-9-16(17)20;/h2*2-10,20H,1H3,(H,21,22,23);/q;;+2/p-2. The second kappa shape index (κ2) is 15.7. The van der Waals surface area contributed by atoms with Crippen molar-refractivity contribution in [3.8, 4) is 11.5 Å². The van der Waals surface area contributed by atoms with Crippen LogP contribution in [0.15, 0.2) is 139 Å². The van der Waals surface area contributed by atoms with Gasteiger partial charge in [-0.15, -0.1) is 5.11 Å². The molecule has 0 aromatic heterocycles. The van der Waals surface area contributed by atoms with Crippen LogP contribution in [0.25, 0.3) is 21.5 Å². The third kappa shape index (κ3) is 9.18. The smallest absolute Gasteiger partial charge is 0.871 e. The topological polar surface area (TPSA) is 204 Å². The number of rotatable bonds is 6. The Morgan fingerprint density at radius 1 is 0.592 bits per heavy atom. The SMILES string of the molecule is Cc1ccccc1N=Nc1c(O)ccc2cc(S(=O)(=O)O)ccc12.Cc1ccccc1N=Nc1c([O-])ccc2cc(S(=O)(=O)[O-])ccc12.[Ba+2]. The van der Waals surface area contributed by atoms with Crippen molar-refractivity contribution in [1.82, 2.24) is 0 Å². The number of benzene rings is 6. The summed E-state index contributed by atoms with van der Waals surface area (Å²) in [5.74, 6) is -0.406. The van der Waals surface area contributed by atoms with Crippen LogP contribution in [-0.2, 0) is 20.2 Å². The van der Waals surface area contributed by atoms with Crippen LogP contribution in [0.1, 0.15) is 11.1 Å². The zero-order valence-electron chi connectivity index (χ0n) is 26.0. The van der Waals surface area contributed by atoms with Gasteiger partial charge in [-0.25, -0.2) is 8.42 Å². The Labute approximate surface area is 322 Å². The Balaban J connectivity index is 0.000000216. The van der Waals surface area contributed by atoms with Crippen molar-refractivity contribution in [3.63, 3.8) is 0 Å². The zero-order chi connectivity index (χ0) is 34.6. The molecular weight excluding hydrogens is 794 g/mol. The van der Waals surface area contributed by atoms with Gasteiger partial charge in [0.05, 0.1) is 26.9 Å². The normalized spacial score (nSPS) is 11.8. The van der Waals surface area contributed by atoms with Crippen LogP contribution in [0.2, 0.25) is 0 Å². The van der Waals surface area contributed by atoms with Crippen molar-refractivity contribution >= 4 is 113 Å². The summed E-state index contributed by atoms with van der Waals surface area (Å²) < 4.78 is 65.0. The molecule has 15 heteroatoms. The summed E-state index contributed by atoms with van der Waals surface area (Å²) >= 11 is 0. The summed E-state index contributed by atoms with van der Waals surface area (Å²) in [7, 11) is -8.86. The fourth-order valence-corrected chi connectivity index (χ4v) is 5.66. The summed E-state index contributed by atoms with van der Waals surface area (Å²) in [4.78, 5) is -0.571. The number of hydrogen-bond donors (Lipinski definition) is 2. The number of hydrogen-bond acceptors (Lipinski definition) is 11. The summed E-state index contributed by atoms with van der Waals surface area (Å²) in [6.45, 7) is 3.77. The van der Waals surface area contributed by atoms with Gasteiger partial charge in [0.25, 0.3) is 10.1 Å². The minimum absolute atomic E-state index is 0. The molecule has 0 atom stereocenters. The average molecular weight is 820 g/mol. The van der Waals surface area contributed by atoms with Gasteiger partial charge in [-0.05, 0) is 78.2 Å². The van der Waals surface area contributed by atoms with Crippen molar-refractivity contribution in [2.24, 2.45) is 20.5 Å². The Morgan fingerprint density at radius 3 is 1.59 bits per heavy atom. The molecule has 0 saturated carbocycles. The van der Waals surface area contributed by atoms with Crippen LogP contribution in [-0.4, -0.2) is 79.9 Å². The first-order valence-electron chi connectivity index (χ1n) is 14.1. The number of nitrogens with zero attached hydrogens (tertiary/aromatic N) is 4. The largest absolute Gasteiger partial charge is 2.00 e. The van der Waals surface area contributed by atoms with E-state index in [9.17, 15) is 31.6 Å². The van der Waals surface area contributed by atoms with Crippen molar-refractivity contribution < 1.29 is 36.2 Å². The number of phenolic OH excluding ortho intramolecular Hbond substituents is 1. The van der Waals surface area contributed by atoms with E-state index in [0.29, 0.717) is 32.9 Å². The maximum atomic E-state index is 12.1. The summed E-state index contributed by atoms with van der Waals surface area (Å²) in [5.41, 5.74) is 3.49. The van der Waals surface area contributed by atoms with Gasteiger partial charge in [0, 0.05) is 10.8 Å². The first-order chi connectivity index (χ1) is 22.7. The molecule has 0 aliphatic rings. The van der Waals surface area contributed by atoms with Crippen molar-refractivity contribution in [2.75, 3.05) is 0 Å². The van der Waals surface area contributed by atoms with Gasteiger partial charge < -0.3 is 14.8 Å². The van der Waals surface area contributed by atoms with Gasteiger partial charge in [-0.2, -0.15) is 23.8 Å². The molecule has 49 heavy (non-hydrogen) atoms. The Hall–Kier alpha value is -3.97.